The van der Waals surface area contributed by atoms with Gasteiger partial charge in [-0.3, -0.25) is 4.79 Å². The summed E-state index contributed by atoms with van der Waals surface area (Å²) in [5, 5.41) is 14.1. The second kappa shape index (κ2) is 8.61. The first-order valence-corrected chi connectivity index (χ1v) is 5.84. The molecule has 0 aliphatic carbocycles. The Labute approximate surface area is 102 Å². The first-order valence-electron chi connectivity index (χ1n) is 5.84. The van der Waals surface area contributed by atoms with Gasteiger partial charge >= 0.3 is 12.0 Å². The van der Waals surface area contributed by atoms with Gasteiger partial charge in [0.1, 0.15) is 0 Å². The highest BCUT2D eigenvalue weighted by molar-refractivity contribution is 5.75. The lowest BCUT2D eigenvalue weighted by Crippen LogP contribution is -2.45. The highest BCUT2D eigenvalue weighted by Crippen LogP contribution is 2.05. The van der Waals surface area contributed by atoms with Crippen molar-refractivity contribution in [2.75, 3.05) is 6.54 Å². The fraction of sp³-hybridized carbons (Fsp3) is 0.667. The Morgan fingerprint density at radius 3 is 2.47 bits per heavy atom. The molecule has 0 aromatic rings. The molecule has 0 aliphatic rings. The summed E-state index contributed by atoms with van der Waals surface area (Å²) < 4.78 is 0. The maximum absolute atomic E-state index is 11.5. The molecule has 5 nitrogen and oxygen atoms in total. The zero-order valence-electron chi connectivity index (χ0n) is 10.7. The summed E-state index contributed by atoms with van der Waals surface area (Å²) in [6.45, 7) is 6.23. The summed E-state index contributed by atoms with van der Waals surface area (Å²) >= 11 is 0. The van der Waals surface area contributed by atoms with E-state index < -0.39 is 5.97 Å². The van der Waals surface area contributed by atoms with Crippen LogP contribution in [0, 0.1) is 5.92 Å². The van der Waals surface area contributed by atoms with E-state index in [0.29, 0.717) is 6.54 Å². The average Bonchev–Trinajstić information content (AvgIpc) is 2.22. The van der Waals surface area contributed by atoms with Gasteiger partial charge in [0.15, 0.2) is 0 Å². The molecule has 17 heavy (non-hydrogen) atoms. The summed E-state index contributed by atoms with van der Waals surface area (Å²) in [6.07, 6.45) is 4.59. The van der Waals surface area contributed by atoms with Gasteiger partial charge < -0.3 is 15.7 Å². The fourth-order valence-electron chi connectivity index (χ4n) is 1.30. The molecule has 0 spiro atoms. The van der Waals surface area contributed by atoms with Gasteiger partial charge in [-0.1, -0.05) is 26.0 Å². The predicted molar refractivity (Wildman–Crippen MR) is 66.8 cm³/mol. The van der Waals surface area contributed by atoms with Gasteiger partial charge in [0.2, 0.25) is 0 Å². The minimum Gasteiger partial charge on any atom is -0.481 e. The Morgan fingerprint density at radius 2 is 2.00 bits per heavy atom. The van der Waals surface area contributed by atoms with Gasteiger partial charge in [0, 0.05) is 12.6 Å². The molecule has 98 valence electrons. The first-order chi connectivity index (χ1) is 7.97. The quantitative estimate of drug-likeness (QED) is 0.470. The van der Waals surface area contributed by atoms with E-state index in [1.54, 1.807) is 0 Å². The number of carbonyl (C=O) groups excluding carboxylic acids is 1. The Hall–Kier alpha value is -1.52. The number of hydrogen-bond donors (Lipinski definition) is 3. The largest absolute Gasteiger partial charge is 0.481 e. The maximum Gasteiger partial charge on any atom is 0.315 e. The molecule has 0 saturated carbocycles. The maximum atomic E-state index is 11.5. The fourth-order valence-corrected chi connectivity index (χ4v) is 1.30. The lowest BCUT2D eigenvalue weighted by Gasteiger charge is -2.20. The smallest absolute Gasteiger partial charge is 0.315 e. The molecule has 3 N–H and O–H groups in total. The van der Waals surface area contributed by atoms with E-state index in [1.807, 2.05) is 32.9 Å². The second-order valence-electron chi connectivity index (χ2n) is 4.21. The molecule has 0 aromatic carbocycles. The topological polar surface area (TPSA) is 78.4 Å². The summed E-state index contributed by atoms with van der Waals surface area (Å²) in [6, 6.07) is -0.649. The monoisotopic (exact) mass is 242 g/mol. The predicted octanol–water partition coefficient (Wildman–Crippen LogP) is 1.75. The molecule has 1 atom stereocenters. The van der Waals surface area contributed by atoms with Crippen molar-refractivity contribution >= 4 is 12.0 Å². The minimum atomic E-state index is -0.905. The van der Waals surface area contributed by atoms with Crippen LogP contribution < -0.4 is 10.6 Å². The highest BCUT2D eigenvalue weighted by Gasteiger charge is 2.18. The molecule has 1 unspecified atom stereocenters. The summed E-state index contributed by atoms with van der Waals surface area (Å²) in [4.78, 5) is 22.1. The van der Waals surface area contributed by atoms with Crippen LogP contribution in [0.25, 0.3) is 0 Å². The van der Waals surface area contributed by atoms with Gasteiger partial charge in [0.05, 0.1) is 6.42 Å². The van der Waals surface area contributed by atoms with Crippen molar-refractivity contribution in [3.8, 4) is 0 Å². The summed E-state index contributed by atoms with van der Waals surface area (Å²) in [5.41, 5.74) is 0. The van der Waals surface area contributed by atoms with Crippen molar-refractivity contribution < 1.29 is 14.7 Å². The van der Waals surface area contributed by atoms with Crippen LogP contribution in [0.4, 0.5) is 4.79 Å². The van der Waals surface area contributed by atoms with Crippen LogP contribution in [-0.2, 0) is 4.79 Å². The third kappa shape index (κ3) is 8.30. The van der Waals surface area contributed by atoms with E-state index in [-0.39, 0.29) is 24.4 Å². The Morgan fingerprint density at radius 1 is 1.35 bits per heavy atom. The van der Waals surface area contributed by atoms with Gasteiger partial charge in [-0.2, -0.15) is 0 Å². The van der Waals surface area contributed by atoms with Crippen molar-refractivity contribution in [1.29, 1.82) is 0 Å². The van der Waals surface area contributed by atoms with Gasteiger partial charge in [-0.15, -0.1) is 0 Å². The Kier molecular flexibility index (Phi) is 7.84. The van der Waals surface area contributed by atoms with E-state index in [4.69, 9.17) is 5.11 Å². The van der Waals surface area contributed by atoms with Crippen LogP contribution in [0.15, 0.2) is 12.2 Å². The average molecular weight is 242 g/mol. The van der Waals surface area contributed by atoms with Crippen LogP contribution in [0.3, 0.4) is 0 Å². The van der Waals surface area contributed by atoms with E-state index >= 15 is 0 Å². The van der Waals surface area contributed by atoms with E-state index in [0.717, 1.165) is 6.42 Å². The molecule has 0 bridgehead atoms. The van der Waals surface area contributed by atoms with Gasteiger partial charge in [-0.05, 0) is 19.3 Å². The molecule has 0 aromatic heterocycles. The van der Waals surface area contributed by atoms with Crippen LogP contribution in [0.1, 0.15) is 33.6 Å². The van der Waals surface area contributed by atoms with Crippen LogP contribution in [0.2, 0.25) is 0 Å². The first kappa shape index (κ1) is 15.5. The lowest BCUT2D eigenvalue weighted by atomic mass is 10.0. The molecule has 0 heterocycles. The number of allylic oxidation sites excluding steroid dienone is 1. The Bertz CT molecular complexity index is 275. The molecule has 0 aliphatic heterocycles. The number of nitrogens with one attached hydrogen (secondary N) is 2. The summed E-state index contributed by atoms with van der Waals surface area (Å²) in [5.74, 6) is -0.815. The number of carboxylic acids is 1. The van der Waals surface area contributed by atoms with Gasteiger partial charge in [-0.25, -0.2) is 4.79 Å². The standard InChI is InChI=1S/C12H22N2O3/c1-4-5-6-7-13-12(17)14-10(9(2)3)8-11(15)16/h4-5,9-10H,6-8H2,1-3H3,(H,15,16)(H2,13,14,17)/b5-4+. The van der Waals surface area contributed by atoms with E-state index in [1.165, 1.54) is 0 Å². The number of carbonyl (C=O) groups is 2. The van der Waals surface area contributed by atoms with Crippen LogP contribution >= 0.6 is 0 Å². The van der Waals surface area contributed by atoms with Crippen molar-refractivity contribution in [2.24, 2.45) is 5.92 Å². The van der Waals surface area contributed by atoms with E-state index in [2.05, 4.69) is 10.6 Å². The van der Waals surface area contributed by atoms with Crippen LogP contribution in [-0.4, -0.2) is 29.7 Å². The summed E-state index contributed by atoms with van der Waals surface area (Å²) in [7, 11) is 0. The van der Waals surface area contributed by atoms with Crippen molar-refractivity contribution in [3.63, 3.8) is 0 Å². The molecule has 0 saturated heterocycles. The van der Waals surface area contributed by atoms with Gasteiger partial charge in [0.25, 0.3) is 0 Å². The third-order valence-corrected chi connectivity index (χ3v) is 2.35. The number of hydrogen-bond acceptors (Lipinski definition) is 2. The van der Waals surface area contributed by atoms with Crippen molar-refractivity contribution in [1.82, 2.24) is 10.6 Å². The third-order valence-electron chi connectivity index (χ3n) is 2.35. The molecule has 0 fully saturated rings. The molecule has 2 amide bonds. The number of urea groups is 1. The van der Waals surface area contributed by atoms with E-state index in [9.17, 15) is 9.59 Å². The molecular formula is C12H22N2O3. The zero-order valence-corrected chi connectivity index (χ0v) is 10.7. The normalized spacial score (nSPS) is 12.7. The zero-order chi connectivity index (χ0) is 13.3. The van der Waals surface area contributed by atoms with Crippen molar-refractivity contribution in [3.05, 3.63) is 12.2 Å². The molecular weight excluding hydrogens is 220 g/mol. The van der Waals surface area contributed by atoms with Crippen LogP contribution in [0.5, 0.6) is 0 Å². The SMILES string of the molecule is C/C=C/CCNC(=O)NC(CC(=O)O)C(C)C. The highest BCUT2D eigenvalue weighted by atomic mass is 16.4. The number of carboxylic acid groups (broad SMARTS) is 1. The Balaban J connectivity index is 3.99. The molecule has 0 radical (unpaired) electrons. The molecule has 0 rings (SSSR count). The lowest BCUT2D eigenvalue weighted by molar-refractivity contribution is -0.137. The number of aliphatic carboxylic acids is 1. The minimum absolute atomic E-state index is 0.0556. The number of amides is 2. The van der Waals surface area contributed by atoms with Crippen molar-refractivity contribution in [2.45, 2.75) is 39.7 Å². The number of rotatable bonds is 7. The second-order valence-corrected chi connectivity index (χ2v) is 4.21. The molecule has 5 heteroatoms.